The van der Waals surface area contributed by atoms with Gasteiger partial charge in [0.25, 0.3) is 0 Å². The second kappa shape index (κ2) is 4.85. The molecule has 0 amide bonds. The van der Waals surface area contributed by atoms with Gasteiger partial charge in [0.1, 0.15) is 0 Å². The maximum Gasteiger partial charge on any atom is 0.0718 e. The predicted octanol–water partition coefficient (Wildman–Crippen LogP) is 4.03. The Labute approximate surface area is 104 Å². The summed E-state index contributed by atoms with van der Waals surface area (Å²) >= 11 is 7.86. The Morgan fingerprint density at radius 1 is 1.44 bits per heavy atom. The van der Waals surface area contributed by atoms with Crippen molar-refractivity contribution in [2.24, 2.45) is 0 Å². The summed E-state index contributed by atoms with van der Waals surface area (Å²) in [7, 11) is 0. The minimum absolute atomic E-state index is 0.708. The van der Waals surface area contributed by atoms with Crippen molar-refractivity contribution in [2.45, 2.75) is 20.4 Å². The van der Waals surface area contributed by atoms with Gasteiger partial charge in [-0.1, -0.05) is 11.6 Å². The van der Waals surface area contributed by atoms with Crippen LogP contribution < -0.4 is 5.32 Å². The highest BCUT2D eigenvalue weighted by atomic mass is 35.5. The second-order valence-electron chi connectivity index (χ2n) is 3.65. The Kier molecular flexibility index (Phi) is 3.46. The quantitative estimate of drug-likeness (QED) is 0.892. The molecule has 84 valence electrons. The zero-order chi connectivity index (χ0) is 11.5. The van der Waals surface area contributed by atoms with Crippen molar-refractivity contribution in [3.05, 3.63) is 44.9 Å². The monoisotopic (exact) mass is 252 g/mol. The van der Waals surface area contributed by atoms with E-state index in [2.05, 4.69) is 30.2 Å². The molecular weight excluding hydrogens is 240 g/mol. The van der Waals surface area contributed by atoms with Gasteiger partial charge in [-0.15, -0.1) is 11.3 Å². The van der Waals surface area contributed by atoms with Gasteiger partial charge in [-0.3, -0.25) is 4.98 Å². The van der Waals surface area contributed by atoms with Crippen molar-refractivity contribution in [1.82, 2.24) is 4.98 Å². The number of hydrogen-bond acceptors (Lipinski definition) is 3. The average molecular weight is 253 g/mol. The molecule has 2 aromatic rings. The van der Waals surface area contributed by atoms with Gasteiger partial charge >= 0.3 is 0 Å². The van der Waals surface area contributed by atoms with E-state index in [0.29, 0.717) is 5.02 Å². The number of nitrogens with one attached hydrogen (secondary N) is 1. The maximum absolute atomic E-state index is 6.04. The zero-order valence-electron chi connectivity index (χ0n) is 9.25. The zero-order valence-corrected chi connectivity index (χ0v) is 10.8. The van der Waals surface area contributed by atoms with Crippen LogP contribution in [0.1, 0.15) is 15.3 Å². The van der Waals surface area contributed by atoms with E-state index in [1.165, 1.54) is 15.3 Å². The van der Waals surface area contributed by atoms with Crippen LogP contribution in [0, 0.1) is 13.8 Å². The van der Waals surface area contributed by atoms with Crippen molar-refractivity contribution in [3.63, 3.8) is 0 Å². The lowest BCUT2D eigenvalue weighted by molar-refractivity contribution is 1.13. The molecular formula is C12H13ClN2S. The number of halogens is 1. The van der Waals surface area contributed by atoms with Gasteiger partial charge in [0.2, 0.25) is 0 Å². The molecule has 0 aromatic carbocycles. The summed E-state index contributed by atoms with van der Waals surface area (Å²) in [6, 6.07) is 3.99. The number of thiophene rings is 1. The first-order valence-electron chi connectivity index (χ1n) is 5.06. The average Bonchev–Trinajstić information content (AvgIpc) is 2.56. The molecule has 0 bridgehead atoms. The van der Waals surface area contributed by atoms with Gasteiger partial charge < -0.3 is 5.32 Å². The highest BCUT2D eigenvalue weighted by Crippen LogP contribution is 2.24. The summed E-state index contributed by atoms with van der Waals surface area (Å²) in [5.41, 5.74) is 2.20. The lowest BCUT2D eigenvalue weighted by Crippen LogP contribution is -2.00. The van der Waals surface area contributed by atoms with Crippen LogP contribution in [-0.2, 0) is 6.54 Å². The largest absolute Gasteiger partial charge is 0.378 e. The van der Waals surface area contributed by atoms with Crippen LogP contribution in [0.15, 0.2) is 24.5 Å². The molecule has 0 aliphatic heterocycles. The van der Waals surface area contributed by atoms with Gasteiger partial charge in [-0.05, 0) is 31.5 Å². The van der Waals surface area contributed by atoms with E-state index in [1.54, 1.807) is 18.5 Å². The summed E-state index contributed by atoms with van der Waals surface area (Å²) in [6.07, 6.45) is 3.43. The summed E-state index contributed by atoms with van der Waals surface area (Å²) in [5, 5.41) is 4.00. The first kappa shape index (κ1) is 11.4. The highest BCUT2D eigenvalue weighted by Gasteiger charge is 2.04. The van der Waals surface area contributed by atoms with Crippen molar-refractivity contribution >= 4 is 28.6 Å². The molecule has 0 atom stereocenters. The van der Waals surface area contributed by atoms with Crippen molar-refractivity contribution in [2.75, 3.05) is 5.32 Å². The molecule has 0 aliphatic rings. The van der Waals surface area contributed by atoms with Gasteiger partial charge in [0.15, 0.2) is 0 Å². The molecule has 0 fully saturated rings. The van der Waals surface area contributed by atoms with Crippen LogP contribution in [0.3, 0.4) is 0 Å². The number of pyridine rings is 1. The SMILES string of the molecule is Cc1cc(CNc2cnccc2Cl)c(C)s1. The molecule has 4 heteroatoms. The van der Waals surface area contributed by atoms with Crippen LogP contribution >= 0.6 is 22.9 Å². The fourth-order valence-electron chi connectivity index (χ4n) is 1.56. The summed E-state index contributed by atoms with van der Waals surface area (Å²) < 4.78 is 0. The van der Waals surface area contributed by atoms with E-state index < -0.39 is 0 Å². The minimum Gasteiger partial charge on any atom is -0.378 e. The second-order valence-corrected chi connectivity index (χ2v) is 5.52. The van der Waals surface area contributed by atoms with Gasteiger partial charge in [0, 0.05) is 22.5 Å². The van der Waals surface area contributed by atoms with E-state index in [-0.39, 0.29) is 0 Å². The Hall–Kier alpha value is -1.06. The normalized spacial score (nSPS) is 10.4. The Balaban J connectivity index is 2.08. The molecule has 0 spiro atoms. The van der Waals surface area contributed by atoms with Gasteiger partial charge in [-0.25, -0.2) is 0 Å². The lowest BCUT2D eigenvalue weighted by Gasteiger charge is -2.06. The van der Waals surface area contributed by atoms with Crippen LogP contribution in [0.5, 0.6) is 0 Å². The molecule has 2 nitrogen and oxygen atoms in total. The van der Waals surface area contributed by atoms with Crippen LogP contribution in [0.4, 0.5) is 5.69 Å². The molecule has 0 radical (unpaired) electrons. The maximum atomic E-state index is 6.04. The third-order valence-corrected chi connectivity index (χ3v) is 3.72. The molecule has 0 unspecified atom stereocenters. The Morgan fingerprint density at radius 3 is 2.88 bits per heavy atom. The fraction of sp³-hybridized carbons (Fsp3) is 0.250. The molecule has 2 heterocycles. The highest BCUT2D eigenvalue weighted by molar-refractivity contribution is 7.12. The van der Waals surface area contributed by atoms with Gasteiger partial charge in [-0.2, -0.15) is 0 Å². The Morgan fingerprint density at radius 2 is 2.25 bits per heavy atom. The molecule has 2 rings (SSSR count). The van der Waals surface area contributed by atoms with Crippen LogP contribution in [0.25, 0.3) is 0 Å². The molecule has 0 saturated carbocycles. The topological polar surface area (TPSA) is 24.9 Å². The van der Waals surface area contributed by atoms with Crippen LogP contribution in [-0.4, -0.2) is 4.98 Å². The van der Waals surface area contributed by atoms with Crippen molar-refractivity contribution < 1.29 is 0 Å². The first-order valence-corrected chi connectivity index (χ1v) is 6.25. The number of nitrogens with zero attached hydrogens (tertiary/aromatic N) is 1. The van der Waals surface area contributed by atoms with Crippen molar-refractivity contribution in [1.29, 1.82) is 0 Å². The van der Waals surface area contributed by atoms with E-state index in [4.69, 9.17) is 11.6 Å². The summed E-state index contributed by atoms with van der Waals surface area (Å²) in [5.74, 6) is 0. The number of aromatic nitrogens is 1. The number of aryl methyl sites for hydroxylation is 2. The number of hydrogen-bond donors (Lipinski definition) is 1. The number of anilines is 1. The lowest BCUT2D eigenvalue weighted by atomic mass is 10.2. The molecule has 0 aliphatic carbocycles. The predicted molar refractivity (Wildman–Crippen MR) is 70.4 cm³/mol. The standard InChI is InChI=1S/C12H13ClN2S/c1-8-5-10(9(2)16-8)6-15-12-7-14-4-3-11(12)13/h3-5,7,15H,6H2,1-2H3. The van der Waals surface area contributed by atoms with E-state index >= 15 is 0 Å². The van der Waals surface area contributed by atoms with Crippen LogP contribution in [0.2, 0.25) is 5.02 Å². The summed E-state index contributed by atoms with van der Waals surface area (Å²) in [6.45, 7) is 5.05. The molecule has 16 heavy (non-hydrogen) atoms. The van der Waals surface area contributed by atoms with Gasteiger partial charge in [0.05, 0.1) is 16.9 Å². The van der Waals surface area contributed by atoms with Crippen molar-refractivity contribution in [3.8, 4) is 0 Å². The third kappa shape index (κ3) is 2.54. The third-order valence-electron chi connectivity index (χ3n) is 2.38. The Bertz CT molecular complexity index is 494. The molecule has 2 aromatic heterocycles. The fourth-order valence-corrected chi connectivity index (χ4v) is 2.68. The molecule has 1 N–H and O–H groups in total. The molecule has 0 saturated heterocycles. The summed E-state index contributed by atoms with van der Waals surface area (Å²) in [4.78, 5) is 6.73. The van der Waals surface area contributed by atoms with E-state index in [9.17, 15) is 0 Å². The first-order chi connectivity index (χ1) is 7.66. The van der Waals surface area contributed by atoms with E-state index in [0.717, 1.165) is 12.2 Å². The smallest absolute Gasteiger partial charge is 0.0718 e. The minimum atomic E-state index is 0.708. The number of rotatable bonds is 3. The van der Waals surface area contributed by atoms with E-state index in [1.807, 2.05) is 11.3 Å².